The minimum Gasteiger partial charge on any atom is -0.267 e. The van der Waals surface area contributed by atoms with E-state index in [0.29, 0.717) is 5.69 Å². The molecule has 2 amide bonds. The fourth-order valence-electron chi connectivity index (χ4n) is 1.99. The SMILES string of the molecule is Cc1ccc(/C=C2/C(=O)NN(c3ccccc3)C2=O)s1. The molecule has 5 heteroatoms. The maximum Gasteiger partial charge on any atom is 0.282 e. The molecule has 0 unspecified atom stereocenters. The Hall–Kier alpha value is -2.40. The van der Waals surface area contributed by atoms with E-state index in [0.717, 1.165) is 9.75 Å². The second-order valence-corrected chi connectivity index (χ2v) is 5.74. The second kappa shape index (κ2) is 4.94. The number of anilines is 1. The molecule has 20 heavy (non-hydrogen) atoms. The molecule has 1 fully saturated rings. The fourth-order valence-corrected chi connectivity index (χ4v) is 2.81. The third-order valence-corrected chi connectivity index (χ3v) is 3.90. The molecule has 0 aliphatic carbocycles. The van der Waals surface area contributed by atoms with Gasteiger partial charge in [-0.3, -0.25) is 15.0 Å². The average Bonchev–Trinajstić information content (AvgIpc) is 2.98. The van der Waals surface area contributed by atoms with Gasteiger partial charge in [0, 0.05) is 9.75 Å². The van der Waals surface area contributed by atoms with Crippen LogP contribution in [0.1, 0.15) is 9.75 Å². The van der Waals surface area contributed by atoms with Crippen molar-refractivity contribution in [3.05, 3.63) is 57.8 Å². The molecule has 0 saturated carbocycles. The smallest absolute Gasteiger partial charge is 0.267 e. The van der Waals surface area contributed by atoms with Crippen LogP contribution < -0.4 is 10.4 Å². The van der Waals surface area contributed by atoms with Crippen LogP contribution in [0.25, 0.3) is 6.08 Å². The van der Waals surface area contributed by atoms with Gasteiger partial charge in [-0.05, 0) is 37.3 Å². The van der Waals surface area contributed by atoms with E-state index in [1.807, 2.05) is 37.3 Å². The first-order valence-corrected chi connectivity index (χ1v) is 6.95. The van der Waals surface area contributed by atoms with E-state index in [4.69, 9.17) is 0 Å². The van der Waals surface area contributed by atoms with Crippen molar-refractivity contribution in [2.75, 3.05) is 5.01 Å². The number of nitrogens with one attached hydrogen (secondary N) is 1. The third-order valence-electron chi connectivity index (χ3n) is 2.95. The van der Waals surface area contributed by atoms with Gasteiger partial charge in [-0.2, -0.15) is 0 Å². The van der Waals surface area contributed by atoms with E-state index in [2.05, 4.69) is 5.43 Å². The fraction of sp³-hybridized carbons (Fsp3) is 0.0667. The van der Waals surface area contributed by atoms with Crippen LogP contribution in [-0.2, 0) is 9.59 Å². The highest BCUT2D eigenvalue weighted by Gasteiger charge is 2.34. The zero-order chi connectivity index (χ0) is 14.1. The van der Waals surface area contributed by atoms with E-state index in [9.17, 15) is 9.59 Å². The molecular formula is C15H12N2O2S. The first-order valence-electron chi connectivity index (χ1n) is 6.14. The standard InChI is InChI=1S/C15H12N2O2S/c1-10-7-8-12(20-10)9-13-14(18)16-17(15(13)19)11-5-3-2-4-6-11/h2-9H,1H3,(H,16,18)/b13-9-. The topological polar surface area (TPSA) is 49.4 Å². The van der Waals surface area contributed by atoms with Gasteiger partial charge in [-0.15, -0.1) is 11.3 Å². The van der Waals surface area contributed by atoms with E-state index in [1.165, 1.54) is 5.01 Å². The van der Waals surface area contributed by atoms with Crippen LogP contribution in [0, 0.1) is 6.92 Å². The van der Waals surface area contributed by atoms with Crippen molar-refractivity contribution in [2.24, 2.45) is 0 Å². The Bertz CT molecular complexity index is 704. The molecule has 1 saturated heterocycles. The minimum atomic E-state index is -0.370. The number of hydrazine groups is 1. The zero-order valence-electron chi connectivity index (χ0n) is 10.8. The first kappa shape index (κ1) is 12.6. The second-order valence-electron chi connectivity index (χ2n) is 4.42. The summed E-state index contributed by atoms with van der Waals surface area (Å²) in [5.74, 6) is -0.697. The Morgan fingerprint density at radius 1 is 1.10 bits per heavy atom. The van der Waals surface area contributed by atoms with Gasteiger partial charge < -0.3 is 0 Å². The summed E-state index contributed by atoms with van der Waals surface area (Å²) < 4.78 is 0. The van der Waals surface area contributed by atoms with Crippen molar-refractivity contribution in [1.29, 1.82) is 0 Å². The van der Waals surface area contributed by atoms with Crippen molar-refractivity contribution < 1.29 is 9.59 Å². The van der Waals surface area contributed by atoms with Gasteiger partial charge in [0.2, 0.25) is 0 Å². The maximum absolute atomic E-state index is 12.3. The lowest BCUT2D eigenvalue weighted by Gasteiger charge is -2.13. The van der Waals surface area contributed by atoms with Gasteiger partial charge in [0.25, 0.3) is 11.8 Å². The van der Waals surface area contributed by atoms with Gasteiger partial charge in [-0.1, -0.05) is 18.2 Å². The molecule has 1 N–H and O–H groups in total. The number of para-hydroxylation sites is 1. The minimum absolute atomic E-state index is 0.163. The van der Waals surface area contributed by atoms with Crippen molar-refractivity contribution in [3.8, 4) is 0 Å². The molecule has 0 spiro atoms. The van der Waals surface area contributed by atoms with E-state index < -0.39 is 0 Å². The Labute approximate surface area is 120 Å². The summed E-state index contributed by atoms with van der Waals surface area (Å²) in [6.45, 7) is 1.99. The molecule has 4 nitrogen and oxygen atoms in total. The van der Waals surface area contributed by atoms with E-state index in [-0.39, 0.29) is 17.4 Å². The molecule has 100 valence electrons. The molecule has 1 aliphatic rings. The number of thiophene rings is 1. The van der Waals surface area contributed by atoms with Crippen molar-refractivity contribution >= 4 is 34.9 Å². The number of amides is 2. The summed E-state index contributed by atoms with van der Waals surface area (Å²) in [5.41, 5.74) is 3.39. The van der Waals surface area contributed by atoms with Crippen LogP contribution in [0.5, 0.6) is 0 Å². The van der Waals surface area contributed by atoms with Crippen molar-refractivity contribution in [2.45, 2.75) is 6.92 Å². The number of carbonyl (C=O) groups is 2. The van der Waals surface area contributed by atoms with Gasteiger partial charge in [0.15, 0.2) is 0 Å². The average molecular weight is 284 g/mol. The van der Waals surface area contributed by atoms with Gasteiger partial charge in [0.05, 0.1) is 5.69 Å². The molecule has 0 bridgehead atoms. The highest BCUT2D eigenvalue weighted by molar-refractivity contribution is 7.12. The summed E-state index contributed by atoms with van der Waals surface area (Å²) in [6, 6.07) is 12.9. The quantitative estimate of drug-likeness (QED) is 0.680. The summed E-state index contributed by atoms with van der Waals surface area (Å²) in [6.07, 6.45) is 1.64. The van der Waals surface area contributed by atoms with Gasteiger partial charge >= 0.3 is 0 Å². The zero-order valence-corrected chi connectivity index (χ0v) is 11.6. The van der Waals surface area contributed by atoms with Crippen molar-refractivity contribution in [1.82, 2.24) is 5.43 Å². The molecular weight excluding hydrogens is 272 g/mol. The number of aryl methyl sites for hydroxylation is 1. The lowest BCUT2D eigenvalue weighted by atomic mass is 10.2. The Morgan fingerprint density at radius 2 is 1.85 bits per heavy atom. The Balaban J connectivity index is 1.93. The molecule has 3 rings (SSSR count). The monoisotopic (exact) mass is 284 g/mol. The highest BCUT2D eigenvalue weighted by Crippen LogP contribution is 2.23. The lowest BCUT2D eigenvalue weighted by Crippen LogP contribution is -2.35. The van der Waals surface area contributed by atoms with E-state index >= 15 is 0 Å². The first-order chi connectivity index (χ1) is 9.65. The summed E-state index contributed by atoms with van der Waals surface area (Å²) in [5, 5.41) is 1.27. The third kappa shape index (κ3) is 2.23. The van der Waals surface area contributed by atoms with Gasteiger partial charge in [0.1, 0.15) is 5.57 Å². The van der Waals surface area contributed by atoms with Crippen LogP contribution >= 0.6 is 11.3 Å². The van der Waals surface area contributed by atoms with E-state index in [1.54, 1.807) is 29.5 Å². The molecule has 2 heterocycles. The molecule has 0 atom stereocenters. The highest BCUT2D eigenvalue weighted by atomic mass is 32.1. The predicted molar refractivity (Wildman–Crippen MR) is 79.1 cm³/mol. The molecule has 1 aromatic carbocycles. The molecule has 0 radical (unpaired) electrons. The lowest BCUT2D eigenvalue weighted by molar-refractivity contribution is -0.117. The number of hydrogen-bond acceptors (Lipinski definition) is 3. The van der Waals surface area contributed by atoms with Crippen LogP contribution in [0.3, 0.4) is 0 Å². The maximum atomic E-state index is 12.3. The molecule has 1 aliphatic heterocycles. The molecule has 2 aromatic rings. The predicted octanol–water partition coefficient (Wildman–Crippen LogP) is 2.52. The summed E-state index contributed by atoms with van der Waals surface area (Å²) >= 11 is 1.55. The summed E-state index contributed by atoms with van der Waals surface area (Å²) in [4.78, 5) is 26.3. The number of nitrogens with zero attached hydrogens (tertiary/aromatic N) is 1. The number of rotatable bonds is 2. The normalized spacial score (nSPS) is 16.9. The van der Waals surface area contributed by atoms with Crippen LogP contribution in [-0.4, -0.2) is 11.8 Å². The van der Waals surface area contributed by atoms with Crippen LogP contribution in [0.4, 0.5) is 5.69 Å². The van der Waals surface area contributed by atoms with Crippen LogP contribution in [0.15, 0.2) is 48.0 Å². The number of carbonyl (C=O) groups excluding carboxylic acids is 2. The largest absolute Gasteiger partial charge is 0.282 e. The number of benzene rings is 1. The van der Waals surface area contributed by atoms with Crippen molar-refractivity contribution in [3.63, 3.8) is 0 Å². The van der Waals surface area contributed by atoms with Gasteiger partial charge in [-0.25, -0.2) is 5.01 Å². The summed E-state index contributed by atoms with van der Waals surface area (Å²) in [7, 11) is 0. The Morgan fingerprint density at radius 3 is 2.50 bits per heavy atom. The number of hydrogen-bond donors (Lipinski definition) is 1. The molecule has 1 aromatic heterocycles. The Kier molecular flexibility index (Phi) is 3.12. The van der Waals surface area contributed by atoms with Crippen LogP contribution in [0.2, 0.25) is 0 Å².